The molecule has 2 aromatic rings. The molecular formula is C13H17ClN4. The zero-order chi connectivity index (χ0) is 13.3. The minimum Gasteiger partial charge on any atom is -0.338 e. The van der Waals surface area contributed by atoms with Gasteiger partial charge in [0.25, 0.3) is 0 Å². The highest BCUT2D eigenvalue weighted by molar-refractivity contribution is 6.30. The molecule has 0 aliphatic heterocycles. The summed E-state index contributed by atoms with van der Waals surface area (Å²) in [7, 11) is 1.98. The highest BCUT2D eigenvalue weighted by Crippen LogP contribution is 2.21. The highest BCUT2D eigenvalue weighted by atomic mass is 35.5. The summed E-state index contributed by atoms with van der Waals surface area (Å²) in [6.07, 6.45) is 4.39. The SMILES string of the molecule is Cc1c(Cl)nc(C(C)C)nc1Cc1nccn1C. The largest absolute Gasteiger partial charge is 0.338 e. The first kappa shape index (κ1) is 13.0. The topological polar surface area (TPSA) is 43.6 Å². The van der Waals surface area contributed by atoms with E-state index in [1.807, 2.05) is 24.7 Å². The van der Waals surface area contributed by atoms with E-state index in [0.29, 0.717) is 11.6 Å². The van der Waals surface area contributed by atoms with Crippen LogP contribution in [0.15, 0.2) is 12.4 Å². The zero-order valence-electron chi connectivity index (χ0n) is 11.1. The van der Waals surface area contributed by atoms with E-state index in [1.165, 1.54) is 0 Å². The molecule has 4 nitrogen and oxygen atoms in total. The first-order valence-electron chi connectivity index (χ1n) is 5.98. The van der Waals surface area contributed by atoms with Crippen molar-refractivity contribution in [2.75, 3.05) is 0 Å². The lowest BCUT2D eigenvalue weighted by Gasteiger charge is -2.11. The molecule has 0 radical (unpaired) electrons. The van der Waals surface area contributed by atoms with Crippen LogP contribution in [0.2, 0.25) is 5.15 Å². The second-order valence-corrected chi connectivity index (χ2v) is 5.09. The summed E-state index contributed by atoms with van der Waals surface area (Å²) in [5.74, 6) is 2.03. The number of hydrogen-bond donors (Lipinski definition) is 0. The molecule has 0 saturated carbocycles. The van der Waals surface area contributed by atoms with E-state index in [1.54, 1.807) is 6.20 Å². The second-order valence-electron chi connectivity index (χ2n) is 4.73. The third kappa shape index (κ3) is 2.53. The minimum atomic E-state index is 0.267. The molecule has 0 saturated heterocycles. The van der Waals surface area contributed by atoms with Crippen LogP contribution in [-0.4, -0.2) is 19.5 Å². The quantitative estimate of drug-likeness (QED) is 0.801. The number of imidazole rings is 1. The van der Waals surface area contributed by atoms with Gasteiger partial charge in [0, 0.05) is 37.3 Å². The predicted molar refractivity (Wildman–Crippen MR) is 71.9 cm³/mol. The minimum absolute atomic E-state index is 0.267. The van der Waals surface area contributed by atoms with Crippen LogP contribution in [0.1, 0.15) is 42.7 Å². The third-order valence-electron chi connectivity index (χ3n) is 2.97. The van der Waals surface area contributed by atoms with E-state index in [2.05, 4.69) is 28.8 Å². The average molecular weight is 265 g/mol. The smallest absolute Gasteiger partial charge is 0.135 e. The maximum Gasteiger partial charge on any atom is 0.135 e. The molecule has 0 atom stereocenters. The Bertz CT molecular complexity index is 560. The van der Waals surface area contributed by atoms with Gasteiger partial charge < -0.3 is 4.57 Å². The van der Waals surface area contributed by atoms with Gasteiger partial charge in [-0.25, -0.2) is 15.0 Å². The number of aromatic nitrogens is 4. The van der Waals surface area contributed by atoms with Crippen molar-refractivity contribution in [3.63, 3.8) is 0 Å². The van der Waals surface area contributed by atoms with Gasteiger partial charge in [-0.3, -0.25) is 0 Å². The summed E-state index contributed by atoms with van der Waals surface area (Å²) in [6, 6.07) is 0. The van der Waals surface area contributed by atoms with E-state index >= 15 is 0 Å². The van der Waals surface area contributed by atoms with Crippen molar-refractivity contribution in [2.24, 2.45) is 7.05 Å². The standard InChI is InChI=1S/C13H17ClN4/c1-8(2)13-16-10(9(3)12(14)17-13)7-11-15-5-6-18(11)4/h5-6,8H,7H2,1-4H3. The molecule has 0 aliphatic carbocycles. The summed E-state index contributed by atoms with van der Waals surface area (Å²) in [4.78, 5) is 13.2. The molecule has 18 heavy (non-hydrogen) atoms. The highest BCUT2D eigenvalue weighted by Gasteiger charge is 2.13. The van der Waals surface area contributed by atoms with Crippen molar-refractivity contribution in [2.45, 2.75) is 33.1 Å². The zero-order valence-corrected chi connectivity index (χ0v) is 11.9. The maximum absolute atomic E-state index is 6.16. The fourth-order valence-electron chi connectivity index (χ4n) is 1.70. The van der Waals surface area contributed by atoms with Crippen molar-refractivity contribution in [3.8, 4) is 0 Å². The Balaban J connectivity index is 2.41. The Labute approximate surface area is 112 Å². The molecule has 2 rings (SSSR count). The lowest BCUT2D eigenvalue weighted by atomic mass is 10.1. The summed E-state index contributed by atoms with van der Waals surface area (Å²) in [5.41, 5.74) is 1.89. The number of nitrogens with zero attached hydrogens (tertiary/aromatic N) is 4. The molecule has 0 amide bonds. The Morgan fingerprint density at radius 3 is 2.61 bits per heavy atom. The monoisotopic (exact) mass is 264 g/mol. The molecule has 0 aromatic carbocycles. The lowest BCUT2D eigenvalue weighted by molar-refractivity contribution is 0.742. The van der Waals surface area contributed by atoms with Gasteiger partial charge in [-0.05, 0) is 6.92 Å². The fourth-order valence-corrected chi connectivity index (χ4v) is 1.89. The van der Waals surface area contributed by atoms with Gasteiger partial charge in [-0.15, -0.1) is 0 Å². The second kappa shape index (κ2) is 5.06. The van der Waals surface area contributed by atoms with Crippen LogP contribution in [0.25, 0.3) is 0 Å². The van der Waals surface area contributed by atoms with Crippen LogP contribution in [0, 0.1) is 6.92 Å². The van der Waals surface area contributed by atoms with Gasteiger partial charge in [-0.1, -0.05) is 25.4 Å². The van der Waals surface area contributed by atoms with E-state index in [-0.39, 0.29) is 5.92 Å². The molecule has 0 bridgehead atoms. The van der Waals surface area contributed by atoms with Gasteiger partial charge in [-0.2, -0.15) is 0 Å². The van der Waals surface area contributed by atoms with Crippen LogP contribution in [-0.2, 0) is 13.5 Å². The van der Waals surface area contributed by atoms with Gasteiger partial charge >= 0.3 is 0 Å². The van der Waals surface area contributed by atoms with Gasteiger partial charge in [0.15, 0.2) is 0 Å². The molecule has 2 heterocycles. The first-order valence-corrected chi connectivity index (χ1v) is 6.36. The Kier molecular flexibility index (Phi) is 3.66. The van der Waals surface area contributed by atoms with Crippen LogP contribution in [0.5, 0.6) is 0 Å². The molecule has 0 spiro atoms. The van der Waals surface area contributed by atoms with Crippen LogP contribution >= 0.6 is 11.6 Å². The summed E-state index contributed by atoms with van der Waals surface area (Å²) in [5, 5.41) is 0.540. The summed E-state index contributed by atoms with van der Waals surface area (Å²) in [6.45, 7) is 6.07. The molecule has 2 aromatic heterocycles. The molecule has 0 N–H and O–H groups in total. The van der Waals surface area contributed by atoms with Gasteiger partial charge in [0.2, 0.25) is 0 Å². The van der Waals surface area contributed by atoms with Gasteiger partial charge in [0.05, 0.1) is 5.69 Å². The van der Waals surface area contributed by atoms with E-state index in [4.69, 9.17) is 11.6 Å². The predicted octanol–water partition coefficient (Wildman–Crippen LogP) is 2.89. The molecule has 5 heteroatoms. The van der Waals surface area contributed by atoms with Crippen LogP contribution in [0.4, 0.5) is 0 Å². The van der Waals surface area contributed by atoms with Gasteiger partial charge in [0.1, 0.15) is 16.8 Å². The molecule has 0 aliphatic rings. The number of halogens is 1. The average Bonchev–Trinajstić information content (AvgIpc) is 2.70. The number of aryl methyl sites for hydroxylation is 1. The Morgan fingerprint density at radius 1 is 1.33 bits per heavy atom. The van der Waals surface area contributed by atoms with Crippen molar-refractivity contribution in [1.29, 1.82) is 0 Å². The third-order valence-corrected chi connectivity index (χ3v) is 3.34. The molecule has 0 fully saturated rings. The van der Waals surface area contributed by atoms with Crippen molar-refractivity contribution >= 4 is 11.6 Å². The Hall–Kier alpha value is -1.42. The van der Waals surface area contributed by atoms with Crippen molar-refractivity contribution in [1.82, 2.24) is 19.5 Å². The van der Waals surface area contributed by atoms with Crippen molar-refractivity contribution < 1.29 is 0 Å². The van der Waals surface area contributed by atoms with Crippen LogP contribution in [0.3, 0.4) is 0 Å². The van der Waals surface area contributed by atoms with E-state index in [9.17, 15) is 0 Å². The fraction of sp³-hybridized carbons (Fsp3) is 0.462. The summed E-state index contributed by atoms with van der Waals surface area (Å²) < 4.78 is 1.99. The Morgan fingerprint density at radius 2 is 2.06 bits per heavy atom. The molecule has 96 valence electrons. The van der Waals surface area contributed by atoms with Crippen molar-refractivity contribution in [3.05, 3.63) is 40.5 Å². The number of rotatable bonds is 3. The molecule has 0 unspecified atom stereocenters. The maximum atomic E-state index is 6.16. The van der Waals surface area contributed by atoms with E-state index < -0.39 is 0 Å². The number of hydrogen-bond acceptors (Lipinski definition) is 3. The lowest BCUT2D eigenvalue weighted by Crippen LogP contribution is -2.08. The first-order chi connectivity index (χ1) is 8.49. The molecular weight excluding hydrogens is 248 g/mol. The van der Waals surface area contributed by atoms with Crippen LogP contribution < -0.4 is 0 Å². The van der Waals surface area contributed by atoms with E-state index in [0.717, 1.165) is 22.9 Å². The normalized spacial score (nSPS) is 11.2. The summed E-state index contributed by atoms with van der Waals surface area (Å²) >= 11 is 6.16.